The van der Waals surface area contributed by atoms with Crippen molar-refractivity contribution in [3.63, 3.8) is 0 Å². The highest BCUT2D eigenvalue weighted by atomic mass is 35.5. The van der Waals surface area contributed by atoms with Gasteiger partial charge in [0.05, 0.1) is 18.3 Å². The van der Waals surface area contributed by atoms with E-state index in [0.29, 0.717) is 23.4 Å². The number of anilines is 2. The van der Waals surface area contributed by atoms with Gasteiger partial charge in [-0.3, -0.25) is 14.4 Å². The number of hydrogen-bond acceptors (Lipinski definition) is 6. The van der Waals surface area contributed by atoms with Crippen LogP contribution in [-0.4, -0.2) is 37.7 Å². The average Bonchev–Trinajstić information content (AvgIpc) is 2.88. The third-order valence-electron chi connectivity index (χ3n) is 4.89. The minimum absolute atomic E-state index is 0.170. The van der Waals surface area contributed by atoms with Gasteiger partial charge in [-0.2, -0.15) is 5.10 Å². The zero-order valence-corrected chi connectivity index (χ0v) is 20.5. The molecule has 0 saturated heterocycles. The van der Waals surface area contributed by atoms with E-state index in [9.17, 15) is 14.4 Å². The van der Waals surface area contributed by atoms with Gasteiger partial charge in [-0.1, -0.05) is 54.9 Å². The molecule has 186 valence electrons. The van der Waals surface area contributed by atoms with Crippen molar-refractivity contribution in [2.45, 2.75) is 13.3 Å². The van der Waals surface area contributed by atoms with Gasteiger partial charge in [-0.05, 0) is 47.9 Å². The number of ether oxygens (including phenoxy) is 2. The second kappa shape index (κ2) is 12.9. The molecule has 3 aromatic rings. The number of hydrazone groups is 1. The molecule has 10 heteroatoms. The predicted octanol–water partition coefficient (Wildman–Crippen LogP) is 4.02. The Balaban J connectivity index is 1.58. The van der Waals surface area contributed by atoms with Gasteiger partial charge in [0.25, 0.3) is 5.91 Å². The van der Waals surface area contributed by atoms with Crippen LogP contribution in [0.3, 0.4) is 0 Å². The summed E-state index contributed by atoms with van der Waals surface area (Å²) in [5, 5.41) is 9.26. The minimum Gasteiger partial charge on any atom is -0.493 e. The maximum absolute atomic E-state index is 12.2. The van der Waals surface area contributed by atoms with E-state index in [1.807, 2.05) is 25.1 Å². The largest absolute Gasteiger partial charge is 0.493 e. The number of hydrogen-bond donors (Lipinski definition) is 3. The first-order chi connectivity index (χ1) is 17.4. The summed E-state index contributed by atoms with van der Waals surface area (Å²) in [7, 11) is 1.42. The van der Waals surface area contributed by atoms with E-state index in [1.54, 1.807) is 42.5 Å². The second-order valence-electron chi connectivity index (χ2n) is 7.40. The Labute approximate surface area is 213 Å². The quantitative estimate of drug-likeness (QED) is 0.229. The maximum atomic E-state index is 12.2. The summed E-state index contributed by atoms with van der Waals surface area (Å²) in [6.45, 7) is 1.66. The highest BCUT2D eigenvalue weighted by molar-refractivity contribution is 6.39. The van der Waals surface area contributed by atoms with E-state index >= 15 is 0 Å². The number of rotatable bonds is 9. The van der Waals surface area contributed by atoms with Gasteiger partial charge in [0, 0.05) is 11.4 Å². The van der Waals surface area contributed by atoms with Gasteiger partial charge in [0.15, 0.2) is 18.1 Å². The van der Waals surface area contributed by atoms with Crippen molar-refractivity contribution in [3.8, 4) is 11.5 Å². The molecule has 3 N–H and O–H groups in total. The molecule has 0 aliphatic rings. The maximum Gasteiger partial charge on any atom is 0.329 e. The molecular formula is C26H25ClN4O5. The van der Waals surface area contributed by atoms with Gasteiger partial charge >= 0.3 is 11.8 Å². The zero-order chi connectivity index (χ0) is 25.9. The van der Waals surface area contributed by atoms with Gasteiger partial charge in [-0.15, -0.1) is 0 Å². The first-order valence-electron chi connectivity index (χ1n) is 11.0. The molecule has 0 heterocycles. The molecule has 0 unspecified atom stereocenters. The molecule has 0 saturated carbocycles. The zero-order valence-electron chi connectivity index (χ0n) is 19.7. The number of nitrogens with zero attached hydrogens (tertiary/aromatic N) is 1. The first kappa shape index (κ1) is 26.2. The lowest BCUT2D eigenvalue weighted by Gasteiger charge is -2.13. The van der Waals surface area contributed by atoms with Crippen molar-refractivity contribution in [1.29, 1.82) is 0 Å². The van der Waals surface area contributed by atoms with Crippen molar-refractivity contribution < 1.29 is 23.9 Å². The standard InChI is InChI=1S/C26H25ClN4O5/c1-3-18-9-7-8-12-21(18)30-25(33)26(34)31-28-15-17-13-20(27)24(22(14-17)35-2)36-16-23(32)29-19-10-5-4-6-11-19/h4-15H,3,16H2,1-2H3,(H,29,32)(H,30,33)(H,31,34)/b28-15-. The monoisotopic (exact) mass is 508 g/mol. The summed E-state index contributed by atoms with van der Waals surface area (Å²) in [6.07, 6.45) is 2.00. The third-order valence-corrected chi connectivity index (χ3v) is 5.17. The smallest absolute Gasteiger partial charge is 0.329 e. The summed E-state index contributed by atoms with van der Waals surface area (Å²) in [5.41, 5.74) is 4.75. The van der Waals surface area contributed by atoms with Gasteiger partial charge in [0.2, 0.25) is 0 Å². The Morgan fingerprint density at radius 1 is 0.972 bits per heavy atom. The molecule has 9 nitrogen and oxygen atoms in total. The topological polar surface area (TPSA) is 118 Å². The molecule has 36 heavy (non-hydrogen) atoms. The lowest BCUT2D eigenvalue weighted by atomic mass is 10.1. The fourth-order valence-electron chi connectivity index (χ4n) is 3.16. The molecule has 0 radical (unpaired) electrons. The predicted molar refractivity (Wildman–Crippen MR) is 139 cm³/mol. The second-order valence-corrected chi connectivity index (χ2v) is 7.81. The molecule has 0 bridgehead atoms. The normalized spacial score (nSPS) is 10.5. The Bertz CT molecular complexity index is 1260. The Hall–Kier alpha value is -4.37. The van der Waals surface area contributed by atoms with Crippen LogP contribution in [-0.2, 0) is 20.8 Å². The fourth-order valence-corrected chi connectivity index (χ4v) is 3.43. The van der Waals surface area contributed by atoms with Gasteiger partial charge in [0.1, 0.15) is 0 Å². The van der Waals surface area contributed by atoms with Crippen molar-refractivity contribution in [2.75, 3.05) is 24.4 Å². The van der Waals surface area contributed by atoms with E-state index < -0.39 is 11.8 Å². The van der Waals surface area contributed by atoms with Crippen LogP contribution in [0.2, 0.25) is 5.02 Å². The van der Waals surface area contributed by atoms with E-state index in [-0.39, 0.29) is 29.0 Å². The van der Waals surface area contributed by atoms with E-state index in [1.165, 1.54) is 19.4 Å². The molecule has 0 aliphatic carbocycles. The number of halogens is 1. The lowest BCUT2D eigenvalue weighted by molar-refractivity contribution is -0.136. The number of carbonyl (C=O) groups excluding carboxylic acids is 3. The summed E-state index contributed by atoms with van der Waals surface area (Å²) >= 11 is 6.32. The van der Waals surface area contributed by atoms with Crippen molar-refractivity contribution in [3.05, 3.63) is 82.9 Å². The summed E-state index contributed by atoms with van der Waals surface area (Å²) in [4.78, 5) is 36.5. The van der Waals surface area contributed by atoms with Crippen LogP contribution in [0.15, 0.2) is 71.8 Å². The average molecular weight is 509 g/mol. The summed E-state index contributed by atoms with van der Waals surface area (Å²) in [6, 6.07) is 19.2. The molecule has 0 atom stereocenters. The van der Waals surface area contributed by atoms with Crippen LogP contribution in [0.25, 0.3) is 0 Å². The first-order valence-corrected chi connectivity index (χ1v) is 11.4. The van der Waals surface area contributed by atoms with Crippen LogP contribution < -0.4 is 25.5 Å². The Morgan fingerprint density at radius 2 is 1.69 bits per heavy atom. The fraction of sp³-hybridized carbons (Fsp3) is 0.154. The number of benzene rings is 3. The number of aryl methyl sites for hydroxylation is 1. The summed E-state index contributed by atoms with van der Waals surface area (Å²) < 4.78 is 10.9. The molecule has 3 rings (SSSR count). The number of amides is 3. The Kier molecular flexibility index (Phi) is 9.41. The van der Waals surface area contributed by atoms with E-state index in [2.05, 4.69) is 21.2 Å². The van der Waals surface area contributed by atoms with Crippen molar-refractivity contribution >= 4 is 46.9 Å². The number of methoxy groups -OCH3 is 1. The molecule has 0 aromatic heterocycles. The number of nitrogens with one attached hydrogen (secondary N) is 3. The minimum atomic E-state index is -0.931. The van der Waals surface area contributed by atoms with Crippen molar-refractivity contribution in [2.24, 2.45) is 5.10 Å². The van der Waals surface area contributed by atoms with E-state index in [0.717, 1.165) is 5.56 Å². The molecule has 3 aromatic carbocycles. The SMILES string of the molecule is CCc1ccccc1NC(=O)C(=O)N/N=C\c1cc(Cl)c(OCC(=O)Nc2ccccc2)c(OC)c1. The van der Waals surface area contributed by atoms with Crippen LogP contribution in [0.5, 0.6) is 11.5 Å². The van der Waals surface area contributed by atoms with Gasteiger partial charge in [-0.25, -0.2) is 5.43 Å². The molecule has 3 amide bonds. The summed E-state index contributed by atoms with van der Waals surface area (Å²) in [5.74, 6) is -1.71. The van der Waals surface area contributed by atoms with Crippen LogP contribution in [0.1, 0.15) is 18.1 Å². The molecule has 0 aliphatic heterocycles. The molecular weight excluding hydrogens is 484 g/mol. The van der Waals surface area contributed by atoms with Crippen LogP contribution in [0, 0.1) is 0 Å². The highest BCUT2D eigenvalue weighted by Crippen LogP contribution is 2.36. The third kappa shape index (κ3) is 7.31. The van der Waals surface area contributed by atoms with Crippen molar-refractivity contribution in [1.82, 2.24) is 5.43 Å². The molecule has 0 spiro atoms. The van der Waals surface area contributed by atoms with E-state index in [4.69, 9.17) is 21.1 Å². The Morgan fingerprint density at radius 3 is 2.42 bits per heavy atom. The van der Waals surface area contributed by atoms with Crippen LogP contribution >= 0.6 is 11.6 Å². The van der Waals surface area contributed by atoms with Crippen LogP contribution in [0.4, 0.5) is 11.4 Å². The number of carbonyl (C=O) groups is 3. The van der Waals surface area contributed by atoms with Gasteiger partial charge < -0.3 is 20.1 Å². The highest BCUT2D eigenvalue weighted by Gasteiger charge is 2.16. The molecule has 0 fully saturated rings. The number of para-hydroxylation sites is 2. The lowest BCUT2D eigenvalue weighted by Crippen LogP contribution is -2.32.